The lowest BCUT2D eigenvalue weighted by molar-refractivity contribution is -0.142. The molecule has 3 rings (SSSR count). The average molecular weight is 364 g/mol. The van der Waals surface area contributed by atoms with E-state index in [0.29, 0.717) is 18.5 Å². The summed E-state index contributed by atoms with van der Waals surface area (Å²) in [6.45, 7) is 7.99. The Bertz CT molecular complexity index is 994. The van der Waals surface area contributed by atoms with Crippen molar-refractivity contribution in [1.29, 1.82) is 0 Å². The number of H-pyrrole nitrogens is 1. The van der Waals surface area contributed by atoms with E-state index in [4.69, 9.17) is 4.74 Å². The smallest absolute Gasteiger partial charge is 0.306 e. The number of benzene rings is 1. The normalized spacial score (nSPS) is 10.9. The molecule has 0 unspecified atom stereocenters. The van der Waals surface area contributed by atoms with E-state index in [1.54, 1.807) is 6.08 Å². The van der Waals surface area contributed by atoms with Crippen LogP contribution in [0.5, 0.6) is 0 Å². The third-order valence-corrected chi connectivity index (χ3v) is 4.82. The quantitative estimate of drug-likeness (QED) is 0.371. The Morgan fingerprint density at radius 1 is 1.26 bits per heavy atom. The number of nitrogens with zero attached hydrogens (tertiary/aromatic N) is 1. The van der Waals surface area contributed by atoms with Gasteiger partial charge in [-0.25, -0.2) is 0 Å². The summed E-state index contributed by atoms with van der Waals surface area (Å²) in [6.07, 6.45) is 4.52. The van der Waals surface area contributed by atoms with Crippen LogP contribution in [0.1, 0.15) is 33.7 Å². The molecule has 2 aromatic heterocycles. The zero-order valence-corrected chi connectivity index (χ0v) is 15.7. The molecule has 0 spiro atoms. The van der Waals surface area contributed by atoms with Crippen LogP contribution in [-0.4, -0.2) is 27.9 Å². The molecule has 140 valence electrons. The summed E-state index contributed by atoms with van der Waals surface area (Å²) in [7, 11) is 0. The van der Waals surface area contributed by atoms with Gasteiger partial charge in [-0.05, 0) is 38.0 Å². The van der Waals surface area contributed by atoms with E-state index in [2.05, 4.69) is 11.6 Å². The Morgan fingerprint density at radius 2 is 2.04 bits per heavy atom. The molecule has 5 heteroatoms. The molecule has 27 heavy (non-hydrogen) atoms. The molecule has 2 heterocycles. The van der Waals surface area contributed by atoms with Crippen molar-refractivity contribution in [2.45, 2.75) is 33.2 Å². The summed E-state index contributed by atoms with van der Waals surface area (Å²) >= 11 is 0. The number of Topliss-reactive ketones (excluding diaryl/α,β-unsaturated/α-hetero) is 1. The van der Waals surface area contributed by atoms with Gasteiger partial charge in [0.2, 0.25) is 5.78 Å². The van der Waals surface area contributed by atoms with Gasteiger partial charge in [0.1, 0.15) is 0 Å². The number of para-hydroxylation sites is 1. The lowest BCUT2D eigenvalue weighted by Crippen LogP contribution is -2.15. The Balaban J connectivity index is 1.55. The number of aromatic amines is 1. The maximum Gasteiger partial charge on any atom is 0.306 e. The van der Waals surface area contributed by atoms with Crippen LogP contribution < -0.4 is 0 Å². The van der Waals surface area contributed by atoms with Crippen molar-refractivity contribution in [3.05, 3.63) is 71.7 Å². The highest BCUT2D eigenvalue weighted by Gasteiger charge is 2.17. The number of ether oxygens (including phenoxy) is 1. The number of hydrogen-bond acceptors (Lipinski definition) is 3. The highest BCUT2D eigenvalue weighted by molar-refractivity contribution is 5.99. The number of aromatic nitrogens is 2. The van der Waals surface area contributed by atoms with Gasteiger partial charge in [-0.1, -0.05) is 24.3 Å². The Kier molecular flexibility index (Phi) is 5.60. The van der Waals surface area contributed by atoms with Gasteiger partial charge in [0.15, 0.2) is 6.61 Å². The first kappa shape index (κ1) is 18.7. The summed E-state index contributed by atoms with van der Waals surface area (Å²) in [5.41, 5.74) is 4.57. The van der Waals surface area contributed by atoms with E-state index in [0.717, 1.165) is 27.9 Å². The fourth-order valence-corrected chi connectivity index (χ4v) is 3.36. The molecule has 0 saturated carbocycles. The van der Waals surface area contributed by atoms with Gasteiger partial charge in [0.25, 0.3) is 0 Å². The van der Waals surface area contributed by atoms with E-state index in [1.807, 2.05) is 54.9 Å². The molecule has 0 aliphatic rings. The van der Waals surface area contributed by atoms with E-state index in [-0.39, 0.29) is 24.8 Å². The topological polar surface area (TPSA) is 64.1 Å². The van der Waals surface area contributed by atoms with Crippen molar-refractivity contribution in [2.24, 2.45) is 0 Å². The highest BCUT2D eigenvalue weighted by Crippen LogP contribution is 2.19. The zero-order valence-electron chi connectivity index (χ0n) is 15.7. The van der Waals surface area contributed by atoms with Crippen LogP contribution in [0.25, 0.3) is 10.9 Å². The summed E-state index contributed by atoms with van der Waals surface area (Å²) in [6, 6.07) is 9.79. The molecule has 1 N–H and O–H groups in total. The molecule has 5 nitrogen and oxygen atoms in total. The van der Waals surface area contributed by atoms with Gasteiger partial charge in [-0.15, -0.1) is 6.58 Å². The summed E-state index contributed by atoms with van der Waals surface area (Å²) in [4.78, 5) is 27.7. The molecule has 0 saturated heterocycles. The van der Waals surface area contributed by atoms with Crippen molar-refractivity contribution < 1.29 is 14.3 Å². The average Bonchev–Trinajstić information content (AvgIpc) is 3.20. The van der Waals surface area contributed by atoms with Crippen molar-refractivity contribution in [3.8, 4) is 0 Å². The van der Waals surface area contributed by atoms with Crippen molar-refractivity contribution in [3.63, 3.8) is 0 Å². The maximum absolute atomic E-state index is 12.4. The second-order valence-corrected chi connectivity index (χ2v) is 6.63. The van der Waals surface area contributed by atoms with Crippen LogP contribution in [-0.2, 0) is 22.5 Å². The number of esters is 1. The fraction of sp³-hybridized carbons (Fsp3) is 0.273. The number of rotatable bonds is 8. The van der Waals surface area contributed by atoms with Gasteiger partial charge in [-0.3, -0.25) is 9.59 Å². The second-order valence-electron chi connectivity index (χ2n) is 6.63. The highest BCUT2D eigenvalue weighted by atomic mass is 16.5. The molecular weight excluding hydrogens is 340 g/mol. The maximum atomic E-state index is 12.4. The summed E-state index contributed by atoms with van der Waals surface area (Å²) in [5.74, 6) is -0.549. The van der Waals surface area contributed by atoms with Gasteiger partial charge in [0.05, 0.1) is 0 Å². The van der Waals surface area contributed by atoms with E-state index < -0.39 is 0 Å². The monoisotopic (exact) mass is 364 g/mol. The predicted molar refractivity (Wildman–Crippen MR) is 106 cm³/mol. The largest absolute Gasteiger partial charge is 0.457 e. The minimum atomic E-state index is -0.367. The molecule has 0 bridgehead atoms. The van der Waals surface area contributed by atoms with Crippen molar-refractivity contribution in [1.82, 2.24) is 9.55 Å². The minimum absolute atomic E-state index is 0.182. The first-order valence-corrected chi connectivity index (χ1v) is 9.02. The Morgan fingerprint density at radius 3 is 2.81 bits per heavy atom. The van der Waals surface area contributed by atoms with Crippen molar-refractivity contribution in [2.75, 3.05) is 6.61 Å². The van der Waals surface area contributed by atoms with E-state index in [1.165, 1.54) is 0 Å². The minimum Gasteiger partial charge on any atom is -0.457 e. The predicted octanol–water partition coefficient (Wildman–Crippen LogP) is 4.13. The van der Waals surface area contributed by atoms with E-state index in [9.17, 15) is 9.59 Å². The molecule has 0 fully saturated rings. The Hall–Kier alpha value is -3.08. The van der Waals surface area contributed by atoms with Gasteiger partial charge in [0, 0.05) is 47.0 Å². The first-order chi connectivity index (χ1) is 13.0. The molecule has 0 aliphatic heterocycles. The molecule has 0 amide bonds. The SMILES string of the molecule is C=CCn1c(C)cc(C(=O)COC(=O)CCc2c[nH]c3ccccc23)c1C. The number of allylic oxidation sites excluding steroid dienone is 1. The zero-order chi connectivity index (χ0) is 19.4. The lowest BCUT2D eigenvalue weighted by atomic mass is 10.1. The molecular formula is C22H24N2O3. The van der Waals surface area contributed by atoms with Gasteiger partial charge in [-0.2, -0.15) is 0 Å². The van der Waals surface area contributed by atoms with Crippen LogP contribution in [0.2, 0.25) is 0 Å². The molecule has 3 aromatic rings. The second kappa shape index (κ2) is 8.08. The number of carbonyl (C=O) groups excluding carboxylic acids is 2. The van der Waals surface area contributed by atoms with Crippen LogP contribution >= 0.6 is 0 Å². The number of hydrogen-bond donors (Lipinski definition) is 1. The lowest BCUT2D eigenvalue weighted by Gasteiger charge is -2.07. The van der Waals surface area contributed by atoms with Crippen molar-refractivity contribution >= 4 is 22.7 Å². The van der Waals surface area contributed by atoms with Crippen LogP contribution in [0.3, 0.4) is 0 Å². The first-order valence-electron chi connectivity index (χ1n) is 9.02. The number of ketones is 1. The van der Waals surface area contributed by atoms with E-state index >= 15 is 0 Å². The van der Waals surface area contributed by atoms with Crippen LogP contribution in [0.4, 0.5) is 0 Å². The summed E-state index contributed by atoms with van der Waals surface area (Å²) in [5, 5.41) is 1.11. The fourth-order valence-electron chi connectivity index (χ4n) is 3.36. The van der Waals surface area contributed by atoms with Gasteiger partial charge >= 0.3 is 5.97 Å². The summed E-state index contributed by atoms with van der Waals surface area (Å²) < 4.78 is 7.22. The van der Waals surface area contributed by atoms with Gasteiger partial charge < -0.3 is 14.3 Å². The number of carbonyl (C=O) groups is 2. The van der Waals surface area contributed by atoms with Crippen LogP contribution in [0.15, 0.2) is 49.2 Å². The standard InChI is InChI=1S/C22H24N2O3/c1-4-11-24-15(2)12-19(16(24)3)21(25)14-27-22(26)10-9-17-13-23-20-8-6-5-7-18(17)20/h4-8,12-13,23H,1,9-11,14H2,2-3H3. The number of nitrogens with one attached hydrogen (secondary N) is 1. The molecule has 1 aromatic carbocycles. The third-order valence-electron chi connectivity index (χ3n) is 4.82. The molecule has 0 radical (unpaired) electrons. The number of fused-ring (bicyclic) bond motifs is 1. The molecule has 0 aliphatic carbocycles. The number of aryl methyl sites for hydroxylation is 2. The Labute approximate surface area is 158 Å². The molecule has 0 atom stereocenters. The third kappa shape index (κ3) is 4.03. The van der Waals surface area contributed by atoms with Crippen LogP contribution in [0, 0.1) is 13.8 Å².